The van der Waals surface area contributed by atoms with Crippen molar-refractivity contribution in [1.29, 1.82) is 0 Å². The molecule has 42 heavy (non-hydrogen) atoms. The van der Waals surface area contributed by atoms with Gasteiger partial charge in [-0.2, -0.15) is 0 Å². The second-order valence-corrected chi connectivity index (χ2v) is 13.8. The number of carbonyl (C=O) groups excluding carboxylic acids is 2. The van der Waals surface area contributed by atoms with Crippen LogP contribution < -0.4 is 0 Å². The minimum absolute atomic E-state index is 0.112. The summed E-state index contributed by atoms with van der Waals surface area (Å²) in [6, 6.07) is 11.4. The summed E-state index contributed by atoms with van der Waals surface area (Å²) in [4.78, 5) is 49.0. The van der Waals surface area contributed by atoms with Gasteiger partial charge >= 0.3 is 11.9 Å². The van der Waals surface area contributed by atoms with Crippen LogP contribution in [0.25, 0.3) is 0 Å². The smallest absolute Gasteiger partial charge is 0.303 e. The molecule has 0 aromatic heterocycles. The van der Waals surface area contributed by atoms with Gasteiger partial charge in [0.15, 0.2) is 11.6 Å². The quantitative estimate of drug-likeness (QED) is 0.177. The van der Waals surface area contributed by atoms with Crippen LogP contribution in [0.2, 0.25) is 0 Å². The highest BCUT2D eigenvalue weighted by molar-refractivity contribution is 6.28. The molecule has 6 nitrogen and oxygen atoms in total. The van der Waals surface area contributed by atoms with Gasteiger partial charge in [0.25, 0.3) is 0 Å². The Morgan fingerprint density at radius 1 is 0.619 bits per heavy atom. The van der Waals surface area contributed by atoms with Crippen molar-refractivity contribution in [3.63, 3.8) is 0 Å². The Balaban J connectivity index is 1.73. The van der Waals surface area contributed by atoms with Gasteiger partial charge in [-0.25, -0.2) is 0 Å². The van der Waals surface area contributed by atoms with Crippen LogP contribution in [-0.2, 0) is 20.4 Å². The molecule has 2 aromatic rings. The maximum Gasteiger partial charge on any atom is 0.303 e. The van der Waals surface area contributed by atoms with Gasteiger partial charge in [-0.05, 0) is 83.7 Å². The van der Waals surface area contributed by atoms with Crippen molar-refractivity contribution in [2.75, 3.05) is 0 Å². The van der Waals surface area contributed by atoms with E-state index < -0.39 is 11.9 Å². The largest absolute Gasteiger partial charge is 0.481 e. The summed E-state index contributed by atoms with van der Waals surface area (Å²) in [7, 11) is 0. The summed E-state index contributed by atoms with van der Waals surface area (Å²) in [5, 5.41) is 17.9. The van der Waals surface area contributed by atoms with Crippen molar-refractivity contribution < 1.29 is 29.4 Å². The maximum absolute atomic E-state index is 13.8. The standard InChI is InChI=1S/C36H48O6/c1-23(11-17-31(37)38)9-7-19-35(3,4)25-13-15-27-29(21-25)34(42)30-22-26(14-16-28(30)33(27)41)36(5,6)20-8-10-24(2)12-18-32(39)40/h13-16,21-24H,7-12,17-20H2,1-6H3,(H,37,38)(H,39,40). The van der Waals surface area contributed by atoms with Gasteiger partial charge in [0.05, 0.1) is 0 Å². The number of benzene rings is 2. The number of carboxylic acid groups (broad SMARTS) is 2. The Morgan fingerprint density at radius 2 is 0.976 bits per heavy atom. The van der Waals surface area contributed by atoms with E-state index in [4.69, 9.17) is 10.2 Å². The van der Waals surface area contributed by atoms with Crippen molar-refractivity contribution in [2.45, 2.75) is 117 Å². The molecule has 1 aliphatic carbocycles. The summed E-state index contributed by atoms with van der Waals surface area (Å²) >= 11 is 0. The molecule has 1 aliphatic rings. The lowest BCUT2D eigenvalue weighted by Gasteiger charge is -2.29. The summed E-state index contributed by atoms with van der Waals surface area (Å²) in [6.45, 7) is 12.8. The van der Waals surface area contributed by atoms with Crippen LogP contribution in [0.5, 0.6) is 0 Å². The molecule has 0 fully saturated rings. The fourth-order valence-electron chi connectivity index (χ4n) is 6.09. The molecule has 0 saturated carbocycles. The number of ketones is 2. The minimum Gasteiger partial charge on any atom is -0.481 e. The molecule has 2 atom stereocenters. The van der Waals surface area contributed by atoms with Crippen molar-refractivity contribution >= 4 is 23.5 Å². The zero-order valence-corrected chi connectivity index (χ0v) is 26.2. The number of fused-ring (bicyclic) bond motifs is 2. The minimum atomic E-state index is -0.757. The normalized spacial score (nSPS) is 14.7. The van der Waals surface area contributed by atoms with Gasteiger partial charge < -0.3 is 10.2 Å². The highest BCUT2D eigenvalue weighted by atomic mass is 16.4. The lowest BCUT2D eigenvalue weighted by Crippen LogP contribution is -2.25. The van der Waals surface area contributed by atoms with Crippen LogP contribution in [0.1, 0.15) is 149 Å². The third-order valence-electron chi connectivity index (χ3n) is 9.28. The van der Waals surface area contributed by atoms with E-state index in [-0.39, 0.29) is 35.2 Å². The first kappa shape index (κ1) is 33.2. The Kier molecular flexibility index (Phi) is 10.9. The molecule has 0 aliphatic heterocycles. The fourth-order valence-corrected chi connectivity index (χ4v) is 6.09. The van der Waals surface area contributed by atoms with Gasteiger partial charge in [0, 0.05) is 35.1 Å². The molecule has 0 saturated heterocycles. The van der Waals surface area contributed by atoms with Crippen LogP contribution in [0.15, 0.2) is 36.4 Å². The lowest BCUT2D eigenvalue weighted by molar-refractivity contribution is -0.138. The molecule has 0 bridgehead atoms. The van der Waals surface area contributed by atoms with Crippen LogP contribution in [0, 0.1) is 11.8 Å². The summed E-state index contributed by atoms with van der Waals surface area (Å²) in [5.74, 6) is -1.06. The van der Waals surface area contributed by atoms with E-state index in [9.17, 15) is 19.2 Å². The number of hydrogen-bond acceptors (Lipinski definition) is 4. The number of aliphatic carboxylic acids is 2. The molecular formula is C36H48O6. The van der Waals surface area contributed by atoms with E-state index in [1.54, 1.807) is 12.1 Å². The van der Waals surface area contributed by atoms with Gasteiger partial charge in [-0.15, -0.1) is 0 Å². The molecule has 2 N–H and O–H groups in total. The molecular weight excluding hydrogens is 528 g/mol. The summed E-state index contributed by atoms with van der Waals surface area (Å²) in [5.41, 5.74) is 3.50. The highest BCUT2D eigenvalue weighted by Crippen LogP contribution is 2.37. The van der Waals surface area contributed by atoms with E-state index in [2.05, 4.69) is 41.5 Å². The average molecular weight is 577 g/mol. The SMILES string of the molecule is CC(CCCC(C)(C)c1ccc2c(c1)C(=O)c1cc(C(C)(C)CCCC(C)CCC(=O)O)ccc1C2=O)CCC(=O)O. The monoisotopic (exact) mass is 576 g/mol. The summed E-state index contributed by atoms with van der Waals surface area (Å²) in [6.07, 6.45) is 7.35. The number of hydrogen-bond donors (Lipinski definition) is 2. The van der Waals surface area contributed by atoms with Crippen molar-refractivity contribution in [2.24, 2.45) is 11.8 Å². The third-order valence-corrected chi connectivity index (χ3v) is 9.28. The summed E-state index contributed by atoms with van der Waals surface area (Å²) < 4.78 is 0. The van der Waals surface area contributed by atoms with Crippen LogP contribution in [-0.4, -0.2) is 33.7 Å². The number of rotatable bonds is 16. The Hall–Kier alpha value is -3.28. The first-order valence-electron chi connectivity index (χ1n) is 15.4. The molecule has 228 valence electrons. The van der Waals surface area contributed by atoms with Crippen molar-refractivity contribution in [3.05, 3.63) is 69.8 Å². The first-order valence-corrected chi connectivity index (χ1v) is 15.4. The zero-order valence-electron chi connectivity index (χ0n) is 26.2. The maximum atomic E-state index is 13.8. The molecule has 0 amide bonds. The molecule has 0 radical (unpaired) electrons. The van der Waals surface area contributed by atoms with Crippen LogP contribution in [0.4, 0.5) is 0 Å². The van der Waals surface area contributed by atoms with E-state index in [1.165, 1.54) is 0 Å². The highest BCUT2D eigenvalue weighted by Gasteiger charge is 2.33. The van der Waals surface area contributed by atoms with E-state index >= 15 is 0 Å². The molecule has 0 heterocycles. The molecule has 3 rings (SSSR count). The molecule has 0 spiro atoms. The topological polar surface area (TPSA) is 109 Å². The number of carboxylic acids is 2. The molecule has 6 heteroatoms. The molecule has 2 unspecified atom stereocenters. The predicted molar refractivity (Wildman–Crippen MR) is 166 cm³/mol. The van der Waals surface area contributed by atoms with Gasteiger partial charge in [0.2, 0.25) is 0 Å². The van der Waals surface area contributed by atoms with E-state index in [0.717, 1.165) is 49.7 Å². The third kappa shape index (κ3) is 8.39. The Morgan fingerprint density at radius 3 is 1.33 bits per heavy atom. The van der Waals surface area contributed by atoms with E-state index in [1.807, 2.05) is 24.3 Å². The first-order chi connectivity index (χ1) is 19.6. The van der Waals surface area contributed by atoms with Crippen LogP contribution >= 0.6 is 0 Å². The number of carbonyl (C=O) groups is 4. The second-order valence-electron chi connectivity index (χ2n) is 13.8. The van der Waals surface area contributed by atoms with Gasteiger partial charge in [-0.1, -0.05) is 79.4 Å². The van der Waals surface area contributed by atoms with Gasteiger partial charge in [0.1, 0.15) is 0 Å². The van der Waals surface area contributed by atoms with Crippen molar-refractivity contribution in [3.8, 4) is 0 Å². The molecule has 2 aromatic carbocycles. The average Bonchev–Trinajstić information content (AvgIpc) is 2.92. The Labute approximate surface area is 250 Å². The van der Waals surface area contributed by atoms with Gasteiger partial charge in [-0.3, -0.25) is 19.2 Å². The second kappa shape index (κ2) is 13.8. The zero-order chi connectivity index (χ0) is 31.2. The lowest BCUT2D eigenvalue weighted by atomic mass is 9.74. The van der Waals surface area contributed by atoms with Crippen LogP contribution in [0.3, 0.4) is 0 Å². The van der Waals surface area contributed by atoms with E-state index in [0.29, 0.717) is 46.9 Å². The van der Waals surface area contributed by atoms with Crippen molar-refractivity contribution in [1.82, 2.24) is 0 Å². The predicted octanol–water partition coefficient (Wildman–Crippen LogP) is 8.36. The fraction of sp³-hybridized carbons (Fsp3) is 0.556. The Bertz CT molecular complexity index is 1220.